The second-order valence-corrected chi connectivity index (χ2v) is 11.4. The molecule has 0 saturated carbocycles. The van der Waals surface area contributed by atoms with Gasteiger partial charge in [-0.15, -0.1) is 0 Å². The third-order valence-electron chi connectivity index (χ3n) is 5.31. The fraction of sp³-hybridized carbons (Fsp3) is 0.238. The molecule has 5 aromatic rings. The van der Waals surface area contributed by atoms with Gasteiger partial charge in [-0.3, -0.25) is 14.5 Å². The van der Waals surface area contributed by atoms with Crippen LogP contribution in [0.1, 0.15) is 25.7 Å². The topological polar surface area (TPSA) is 130 Å². The van der Waals surface area contributed by atoms with E-state index in [9.17, 15) is 4.79 Å². The van der Waals surface area contributed by atoms with Crippen molar-refractivity contribution in [3.05, 3.63) is 59.3 Å². The average Bonchev–Trinajstić information content (AvgIpc) is 3.33. The van der Waals surface area contributed by atoms with Crippen molar-refractivity contribution in [2.75, 3.05) is 5.32 Å². The Morgan fingerprint density at radius 3 is 2.66 bits per heavy atom. The summed E-state index contributed by atoms with van der Waals surface area (Å²) >= 11 is 0. The van der Waals surface area contributed by atoms with E-state index in [2.05, 4.69) is 54.2 Å². The zero-order chi connectivity index (χ0) is 22.5. The molecule has 3 N–H and O–H groups in total. The van der Waals surface area contributed by atoms with Crippen molar-refractivity contribution in [1.29, 1.82) is 0 Å². The summed E-state index contributed by atoms with van der Waals surface area (Å²) in [6.45, 7) is 4.31. The monoisotopic (exact) mass is 445 g/mol. The lowest BCUT2D eigenvalue weighted by molar-refractivity contribution is 0.545. The number of aromatic nitrogens is 8. The predicted octanol–water partition coefficient (Wildman–Crippen LogP) is 1.71. The molecule has 5 heterocycles. The van der Waals surface area contributed by atoms with Gasteiger partial charge in [-0.05, 0) is 17.2 Å². The molecule has 0 spiro atoms. The summed E-state index contributed by atoms with van der Waals surface area (Å²) in [7, 11) is 2.69. The molecule has 0 aliphatic heterocycles. The lowest BCUT2D eigenvalue weighted by Gasteiger charge is -2.31. The Labute approximate surface area is 186 Å². The number of pyridine rings is 2. The van der Waals surface area contributed by atoms with Gasteiger partial charge in [-0.2, -0.15) is 5.10 Å². The normalized spacial score (nSPS) is 13.1. The molecule has 0 unspecified atom stereocenters. The van der Waals surface area contributed by atoms with Crippen molar-refractivity contribution in [1.82, 2.24) is 39.7 Å². The van der Waals surface area contributed by atoms with Crippen LogP contribution >= 0.6 is 0 Å². The molecule has 0 radical (unpaired) electrons. The maximum absolute atomic E-state index is 13.3. The van der Waals surface area contributed by atoms with E-state index in [0.717, 1.165) is 15.8 Å². The summed E-state index contributed by atoms with van der Waals surface area (Å²) in [5.74, 6) is 1.11. The molecule has 0 bridgehead atoms. The first-order valence-electron chi connectivity index (χ1n) is 10.2. The van der Waals surface area contributed by atoms with Crippen molar-refractivity contribution in [2.24, 2.45) is 7.05 Å². The van der Waals surface area contributed by atoms with E-state index in [1.54, 1.807) is 41.7 Å². The van der Waals surface area contributed by atoms with Gasteiger partial charge in [0.15, 0.2) is 5.82 Å². The van der Waals surface area contributed by atoms with E-state index in [0.29, 0.717) is 39.4 Å². The summed E-state index contributed by atoms with van der Waals surface area (Å²) in [6, 6.07) is 3.39. The molecule has 10 nitrogen and oxygen atoms in total. The number of anilines is 1. The Bertz CT molecular complexity index is 1450. The van der Waals surface area contributed by atoms with Crippen molar-refractivity contribution in [3.8, 4) is 11.4 Å². The molecule has 0 amide bonds. The Hall–Kier alpha value is -3.86. The van der Waals surface area contributed by atoms with E-state index >= 15 is 0 Å². The highest BCUT2D eigenvalue weighted by atomic mass is 28.1. The lowest BCUT2D eigenvalue weighted by Crippen LogP contribution is -2.27. The number of aromatic amines is 2. The molecule has 1 atom stereocenters. The zero-order valence-electron chi connectivity index (χ0n) is 18.2. The minimum absolute atomic E-state index is 0.125. The second-order valence-electron chi connectivity index (χ2n) is 8.80. The largest absolute Gasteiger partial charge is 0.372 e. The number of rotatable bonds is 5. The molecule has 0 aromatic carbocycles. The number of hydrogen-bond acceptors (Lipinski definition) is 7. The number of hydrogen-bond donors (Lipinski definition) is 3. The third-order valence-corrected chi connectivity index (χ3v) is 5.89. The lowest BCUT2D eigenvalue weighted by atomic mass is 10.0. The highest BCUT2D eigenvalue weighted by Gasteiger charge is 2.31. The number of nitrogens with zero attached hydrogens (tertiary/aromatic N) is 6. The fourth-order valence-corrected chi connectivity index (χ4v) is 4.20. The van der Waals surface area contributed by atoms with Gasteiger partial charge in [0, 0.05) is 42.1 Å². The maximum atomic E-state index is 13.3. The van der Waals surface area contributed by atoms with Crippen LogP contribution in [0.4, 0.5) is 5.69 Å². The number of fused-ring (bicyclic) bond motifs is 2. The molecule has 0 saturated heterocycles. The Balaban J connectivity index is 1.77. The van der Waals surface area contributed by atoms with Gasteiger partial charge in [0.05, 0.1) is 29.0 Å². The van der Waals surface area contributed by atoms with E-state index in [-0.39, 0.29) is 16.6 Å². The first kappa shape index (κ1) is 20.1. The number of nitrogens with one attached hydrogen (secondary N) is 3. The first-order valence-corrected chi connectivity index (χ1v) is 11.2. The molecule has 0 fully saturated rings. The molecular formula is C21H23N9OSi. The minimum Gasteiger partial charge on any atom is -0.372 e. The fourth-order valence-electron chi connectivity index (χ4n) is 3.80. The van der Waals surface area contributed by atoms with Crippen LogP contribution in [0.2, 0.25) is 5.04 Å². The van der Waals surface area contributed by atoms with Crippen LogP contribution in [0.5, 0.6) is 0 Å². The van der Waals surface area contributed by atoms with Crippen molar-refractivity contribution >= 4 is 38.0 Å². The van der Waals surface area contributed by atoms with Crippen molar-refractivity contribution in [3.63, 3.8) is 0 Å². The summed E-state index contributed by atoms with van der Waals surface area (Å²) in [5, 5.41) is 8.08. The Morgan fingerprint density at radius 1 is 1.16 bits per heavy atom. The SMILES string of the molecule is Cn1cc2[nH]c(=O)c(-c3nc4cnccc4[nH]3)c(N[C@H](c3ncccn3)C(C)(C)[SiH3])c2n1. The minimum atomic E-state index is -0.265. The van der Waals surface area contributed by atoms with Crippen LogP contribution in [0, 0.1) is 0 Å². The maximum Gasteiger partial charge on any atom is 0.261 e. The van der Waals surface area contributed by atoms with Gasteiger partial charge in [-0.25, -0.2) is 15.0 Å². The van der Waals surface area contributed by atoms with E-state index in [1.807, 2.05) is 13.1 Å². The van der Waals surface area contributed by atoms with Gasteiger partial charge in [-0.1, -0.05) is 13.8 Å². The van der Waals surface area contributed by atoms with Crippen LogP contribution in [0.15, 0.2) is 47.9 Å². The molecule has 0 aliphatic carbocycles. The summed E-state index contributed by atoms with van der Waals surface area (Å²) < 4.78 is 1.68. The van der Waals surface area contributed by atoms with Gasteiger partial charge in [0.2, 0.25) is 0 Å². The summed E-state index contributed by atoms with van der Waals surface area (Å²) in [5.41, 5.74) is 3.48. The molecule has 0 aliphatic rings. The number of imidazole rings is 1. The van der Waals surface area contributed by atoms with Crippen molar-refractivity contribution < 1.29 is 0 Å². The van der Waals surface area contributed by atoms with E-state index in [1.165, 1.54) is 0 Å². The molecule has 5 rings (SSSR count). The van der Waals surface area contributed by atoms with Crippen LogP contribution in [0.25, 0.3) is 33.5 Å². The molecule has 32 heavy (non-hydrogen) atoms. The Kier molecular flexibility index (Phi) is 4.62. The van der Waals surface area contributed by atoms with Crippen LogP contribution in [-0.2, 0) is 7.05 Å². The Morgan fingerprint density at radius 2 is 1.94 bits per heavy atom. The van der Waals surface area contributed by atoms with Gasteiger partial charge in [0.25, 0.3) is 5.56 Å². The molecular weight excluding hydrogens is 422 g/mol. The zero-order valence-corrected chi connectivity index (χ0v) is 20.2. The quantitative estimate of drug-likeness (QED) is 0.351. The number of H-pyrrole nitrogens is 2. The van der Waals surface area contributed by atoms with Gasteiger partial charge in [0.1, 0.15) is 22.4 Å². The van der Waals surface area contributed by atoms with Crippen molar-refractivity contribution in [2.45, 2.75) is 24.9 Å². The summed E-state index contributed by atoms with van der Waals surface area (Å²) in [4.78, 5) is 37.2. The van der Waals surface area contributed by atoms with E-state index in [4.69, 9.17) is 0 Å². The van der Waals surface area contributed by atoms with E-state index < -0.39 is 0 Å². The second kappa shape index (κ2) is 7.37. The van der Waals surface area contributed by atoms with Crippen LogP contribution in [-0.4, -0.2) is 49.9 Å². The van der Waals surface area contributed by atoms with Crippen LogP contribution in [0.3, 0.4) is 0 Å². The molecule has 11 heteroatoms. The highest BCUT2D eigenvalue weighted by molar-refractivity contribution is 6.15. The predicted molar refractivity (Wildman–Crippen MR) is 127 cm³/mol. The van der Waals surface area contributed by atoms with Gasteiger partial charge >= 0.3 is 0 Å². The number of aryl methyl sites for hydroxylation is 1. The standard InChI is InChI=1S/C21H23N9OSi/c1-21(2,32)17(19-23-6-4-7-24-19)28-16-14(18-25-11-5-8-22-9-12(11)26-18)20(31)27-13-10-30(3)29-15(13)16/h4-10,17,28H,1-3,32H3,(H,25,26)(H,27,31)/t17-/m1/s1. The summed E-state index contributed by atoms with van der Waals surface area (Å²) in [6.07, 6.45) is 8.59. The highest BCUT2D eigenvalue weighted by Crippen LogP contribution is 2.40. The molecule has 5 aromatic heterocycles. The first-order chi connectivity index (χ1) is 15.3. The van der Waals surface area contributed by atoms with Gasteiger partial charge < -0.3 is 15.3 Å². The van der Waals surface area contributed by atoms with Crippen LogP contribution < -0.4 is 10.9 Å². The molecule has 162 valence electrons. The smallest absolute Gasteiger partial charge is 0.261 e. The average molecular weight is 446 g/mol. The third kappa shape index (κ3) is 3.46.